The molecule has 0 aromatic carbocycles. The fourth-order valence-electron chi connectivity index (χ4n) is 2.67. The molecule has 1 aromatic rings. The van der Waals surface area contributed by atoms with E-state index in [0.29, 0.717) is 17.5 Å². The molecule has 2 rings (SSSR count). The molecule has 0 unspecified atom stereocenters. The third kappa shape index (κ3) is 5.13. The number of aromatic nitrogens is 1. The summed E-state index contributed by atoms with van der Waals surface area (Å²) in [7, 11) is -3.40. The van der Waals surface area contributed by atoms with Crippen LogP contribution in [0.3, 0.4) is 0 Å². The molecule has 0 aliphatic heterocycles. The molecular formula is C15H27N3O2S. The maximum atomic E-state index is 12.4. The first kappa shape index (κ1) is 16.5. The monoisotopic (exact) mass is 313 g/mol. The summed E-state index contributed by atoms with van der Waals surface area (Å²) in [6, 6.07) is 2.18. The van der Waals surface area contributed by atoms with E-state index < -0.39 is 10.0 Å². The first-order chi connectivity index (χ1) is 9.97. The van der Waals surface area contributed by atoms with E-state index in [1.165, 1.54) is 12.8 Å². The van der Waals surface area contributed by atoms with Gasteiger partial charge in [-0.3, -0.25) is 0 Å². The van der Waals surface area contributed by atoms with Crippen LogP contribution in [0.1, 0.15) is 58.1 Å². The SMILES string of the molecule is CC(C)NCc1cc(S(=O)(=O)NC2CCCCCC2)c[nH]1. The van der Waals surface area contributed by atoms with Crippen molar-refractivity contribution >= 4 is 10.0 Å². The predicted molar refractivity (Wildman–Crippen MR) is 84.6 cm³/mol. The van der Waals surface area contributed by atoms with E-state index >= 15 is 0 Å². The van der Waals surface area contributed by atoms with Gasteiger partial charge in [0.15, 0.2) is 0 Å². The number of nitrogens with one attached hydrogen (secondary N) is 3. The number of hydrogen-bond donors (Lipinski definition) is 3. The van der Waals surface area contributed by atoms with Crippen molar-refractivity contribution in [2.24, 2.45) is 0 Å². The van der Waals surface area contributed by atoms with Gasteiger partial charge in [0.25, 0.3) is 0 Å². The zero-order valence-electron chi connectivity index (χ0n) is 13.0. The summed E-state index contributed by atoms with van der Waals surface area (Å²) in [4.78, 5) is 3.38. The molecule has 1 fully saturated rings. The van der Waals surface area contributed by atoms with Gasteiger partial charge in [0, 0.05) is 30.5 Å². The number of sulfonamides is 1. The Labute approximate surface area is 128 Å². The molecule has 0 saturated heterocycles. The molecule has 5 nitrogen and oxygen atoms in total. The van der Waals surface area contributed by atoms with Crippen molar-refractivity contribution in [3.05, 3.63) is 18.0 Å². The van der Waals surface area contributed by atoms with Crippen molar-refractivity contribution in [3.63, 3.8) is 0 Å². The molecule has 0 amide bonds. The Morgan fingerprint density at radius 1 is 1.24 bits per heavy atom. The molecule has 0 atom stereocenters. The minimum atomic E-state index is -3.40. The highest BCUT2D eigenvalue weighted by atomic mass is 32.2. The number of aromatic amines is 1. The molecule has 1 aromatic heterocycles. The standard InChI is InChI=1S/C15H27N3O2S/c1-12(2)16-10-14-9-15(11-17-14)21(19,20)18-13-7-5-3-4-6-8-13/h9,11-13,16-18H,3-8,10H2,1-2H3. The van der Waals surface area contributed by atoms with E-state index in [1.807, 2.05) is 0 Å². The smallest absolute Gasteiger partial charge is 0.242 e. The molecule has 1 aliphatic carbocycles. The van der Waals surface area contributed by atoms with Gasteiger partial charge >= 0.3 is 0 Å². The van der Waals surface area contributed by atoms with Crippen LogP contribution in [0.4, 0.5) is 0 Å². The van der Waals surface area contributed by atoms with E-state index in [4.69, 9.17) is 0 Å². The van der Waals surface area contributed by atoms with Crippen LogP contribution in [-0.4, -0.2) is 25.5 Å². The van der Waals surface area contributed by atoms with Crippen LogP contribution in [-0.2, 0) is 16.6 Å². The second-order valence-electron chi connectivity index (χ2n) is 6.21. The van der Waals surface area contributed by atoms with Crippen molar-refractivity contribution in [3.8, 4) is 0 Å². The number of H-pyrrole nitrogens is 1. The molecule has 1 heterocycles. The maximum absolute atomic E-state index is 12.4. The van der Waals surface area contributed by atoms with Gasteiger partial charge in [-0.25, -0.2) is 13.1 Å². The predicted octanol–water partition coefficient (Wildman–Crippen LogP) is 2.51. The summed E-state index contributed by atoms with van der Waals surface area (Å²) in [5.41, 5.74) is 0.893. The highest BCUT2D eigenvalue weighted by Gasteiger charge is 2.22. The van der Waals surface area contributed by atoms with Crippen LogP contribution in [0.15, 0.2) is 17.2 Å². The zero-order chi connectivity index (χ0) is 15.3. The molecular weight excluding hydrogens is 286 g/mol. The van der Waals surface area contributed by atoms with E-state index in [-0.39, 0.29) is 6.04 Å². The summed E-state index contributed by atoms with van der Waals surface area (Å²) in [5.74, 6) is 0. The highest BCUT2D eigenvalue weighted by Crippen LogP contribution is 2.20. The lowest BCUT2D eigenvalue weighted by atomic mass is 10.1. The molecule has 3 N–H and O–H groups in total. The molecule has 0 spiro atoms. The van der Waals surface area contributed by atoms with Crippen molar-refractivity contribution in [2.45, 2.75) is 75.9 Å². The largest absolute Gasteiger partial charge is 0.363 e. The van der Waals surface area contributed by atoms with Crippen LogP contribution in [0.25, 0.3) is 0 Å². The summed E-state index contributed by atoms with van der Waals surface area (Å²) >= 11 is 0. The van der Waals surface area contributed by atoms with Crippen molar-refractivity contribution in [1.82, 2.24) is 15.0 Å². The quantitative estimate of drug-likeness (QED) is 0.707. The second kappa shape index (κ2) is 7.42. The average Bonchev–Trinajstić information content (AvgIpc) is 2.76. The lowest BCUT2D eigenvalue weighted by molar-refractivity contribution is 0.510. The van der Waals surface area contributed by atoms with Gasteiger partial charge in [0.2, 0.25) is 10.0 Å². The van der Waals surface area contributed by atoms with E-state index in [9.17, 15) is 8.42 Å². The second-order valence-corrected chi connectivity index (χ2v) is 7.92. The molecule has 120 valence electrons. The van der Waals surface area contributed by atoms with Crippen LogP contribution in [0.5, 0.6) is 0 Å². The lowest BCUT2D eigenvalue weighted by Crippen LogP contribution is -2.34. The first-order valence-electron chi connectivity index (χ1n) is 7.90. The Hall–Kier alpha value is -0.850. The summed E-state index contributed by atoms with van der Waals surface area (Å²) in [5, 5.41) is 3.27. The molecule has 6 heteroatoms. The van der Waals surface area contributed by atoms with Gasteiger partial charge in [-0.1, -0.05) is 39.5 Å². The summed E-state index contributed by atoms with van der Waals surface area (Å²) < 4.78 is 27.7. The maximum Gasteiger partial charge on any atom is 0.242 e. The fraction of sp³-hybridized carbons (Fsp3) is 0.733. The van der Waals surface area contributed by atoms with Gasteiger partial charge in [-0.05, 0) is 18.9 Å². The minimum absolute atomic E-state index is 0.0876. The Morgan fingerprint density at radius 2 is 1.90 bits per heavy atom. The number of rotatable bonds is 6. The average molecular weight is 313 g/mol. The van der Waals surface area contributed by atoms with Crippen LogP contribution < -0.4 is 10.0 Å². The van der Waals surface area contributed by atoms with Gasteiger partial charge < -0.3 is 10.3 Å². The molecule has 0 bridgehead atoms. The molecule has 1 saturated carbocycles. The molecule has 1 aliphatic rings. The molecule has 21 heavy (non-hydrogen) atoms. The summed E-state index contributed by atoms with van der Waals surface area (Å²) in [6.07, 6.45) is 8.14. The molecule has 0 radical (unpaired) electrons. The van der Waals surface area contributed by atoms with Gasteiger partial charge in [-0.15, -0.1) is 0 Å². The summed E-state index contributed by atoms with van der Waals surface area (Å²) in [6.45, 7) is 4.78. The topological polar surface area (TPSA) is 74.0 Å². The van der Waals surface area contributed by atoms with Crippen LogP contribution in [0.2, 0.25) is 0 Å². The lowest BCUT2D eigenvalue weighted by Gasteiger charge is -2.15. The van der Waals surface area contributed by atoms with Gasteiger partial charge in [0.05, 0.1) is 4.90 Å². The van der Waals surface area contributed by atoms with Crippen molar-refractivity contribution < 1.29 is 8.42 Å². The minimum Gasteiger partial charge on any atom is -0.363 e. The number of hydrogen-bond acceptors (Lipinski definition) is 3. The van der Waals surface area contributed by atoms with E-state index in [2.05, 4.69) is 28.9 Å². The fourth-order valence-corrected chi connectivity index (χ4v) is 4.00. The Bertz CT molecular complexity index is 529. The van der Waals surface area contributed by atoms with Crippen molar-refractivity contribution in [1.29, 1.82) is 0 Å². The van der Waals surface area contributed by atoms with Gasteiger partial charge in [0.1, 0.15) is 0 Å². The highest BCUT2D eigenvalue weighted by molar-refractivity contribution is 7.89. The Morgan fingerprint density at radius 3 is 2.52 bits per heavy atom. The van der Waals surface area contributed by atoms with Gasteiger partial charge in [-0.2, -0.15) is 0 Å². The normalized spacial score (nSPS) is 18.0. The zero-order valence-corrected chi connectivity index (χ0v) is 13.8. The van der Waals surface area contributed by atoms with E-state index in [1.54, 1.807) is 12.3 Å². The Kier molecular flexibility index (Phi) is 5.84. The third-order valence-corrected chi connectivity index (χ3v) is 5.40. The third-order valence-electron chi connectivity index (χ3n) is 3.90. The van der Waals surface area contributed by atoms with Crippen LogP contribution in [0, 0.1) is 0 Å². The first-order valence-corrected chi connectivity index (χ1v) is 9.39. The van der Waals surface area contributed by atoms with Crippen molar-refractivity contribution in [2.75, 3.05) is 0 Å². The Balaban J connectivity index is 1.98. The van der Waals surface area contributed by atoms with E-state index in [0.717, 1.165) is 31.4 Å². The van der Waals surface area contributed by atoms with Crippen LogP contribution >= 0.6 is 0 Å².